The molecule has 1 heterocycles. The van der Waals surface area contributed by atoms with Crippen LogP contribution in [0.4, 0.5) is 0 Å². The highest BCUT2D eigenvalue weighted by molar-refractivity contribution is 4.89. The van der Waals surface area contributed by atoms with Crippen molar-refractivity contribution in [2.24, 2.45) is 5.92 Å². The molecular formula is C12H23N5O. The summed E-state index contributed by atoms with van der Waals surface area (Å²) in [6.45, 7) is 4.52. The Hall–Kier alpha value is -1.01. The summed E-state index contributed by atoms with van der Waals surface area (Å²) in [5, 5.41) is 15.3. The molecule has 1 N–H and O–H groups in total. The van der Waals surface area contributed by atoms with Gasteiger partial charge in [-0.1, -0.05) is 12.8 Å². The maximum Gasteiger partial charge on any atom is 0.167 e. The normalized spacial score (nSPS) is 17.0. The third-order valence-corrected chi connectivity index (χ3v) is 3.38. The SMILES string of the molecule is COCCNC(C)c1nnnn1CCCC1CC1. The van der Waals surface area contributed by atoms with Crippen LogP contribution in [0.25, 0.3) is 0 Å². The fourth-order valence-corrected chi connectivity index (χ4v) is 2.09. The second kappa shape index (κ2) is 6.80. The molecule has 1 aliphatic rings. The van der Waals surface area contributed by atoms with Crippen LogP contribution in [0.15, 0.2) is 0 Å². The summed E-state index contributed by atoms with van der Waals surface area (Å²) in [6, 6.07) is 0.163. The lowest BCUT2D eigenvalue weighted by molar-refractivity contribution is 0.195. The molecule has 0 amide bonds. The molecule has 18 heavy (non-hydrogen) atoms. The quantitative estimate of drug-likeness (QED) is 0.669. The van der Waals surface area contributed by atoms with Crippen molar-refractivity contribution in [1.82, 2.24) is 25.5 Å². The topological polar surface area (TPSA) is 64.9 Å². The molecule has 0 bridgehead atoms. The van der Waals surface area contributed by atoms with Gasteiger partial charge in [-0.15, -0.1) is 5.10 Å². The highest BCUT2D eigenvalue weighted by Crippen LogP contribution is 2.33. The van der Waals surface area contributed by atoms with Crippen LogP contribution in [0.2, 0.25) is 0 Å². The van der Waals surface area contributed by atoms with Crippen molar-refractivity contribution in [3.63, 3.8) is 0 Å². The van der Waals surface area contributed by atoms with E-state index in [0.717, 1.165) is 24.8 Å². The van der Waals surface area contributed by atoms with Crippen molar-refractivity contribution >= 4 is 0 Å². The van der Waals surface area contributed by atoms with E-state index in [1.54, 1.807) is 7.11 Å². The summed E-state index contributed by atoms with van der Waals surface area (Å²) in [5.41, 5.74) is 0. The molecule has 0 aliphatic heterocycles. The van der Waals surface area contributed by atoms with Crippen LogP contribution in [-0.2, 0) is 11.3 Å². The molecule has 0 aromatic carbocycles. The van der Waals surface area contributed by atoms with Gasteiger partial charge in [-0.3, -0.25) is 0 Å². The molecule has 1 atom stereocenters. The van der Waals surface area contributed by atoms with Gasteiger partial charge < -0.3 is 10.1 Å². The molecule has 102 valence electrons. The minimum absolute atomic E-state index is 0.163. The van der Waals surface area contributed by atoms with Gasteiger partial charge in [0, 0.05) is 20.2 Å². The lowest BCUT2D eigenvalue weighted by Crippen LogP contribution is -2.25. The van der Waals surface area contributed by atoms with Crippen molar-refractivity contribution < 1.29 is 4.74 Å². The minimum Gasteiger partial charge on any atom is -0.383 e. The van der Waals surface area contributed by atoms with E-state index in [4.69, 9.17) is 4.74 Å². The van der Waals surface area contributed by atoms with Crippen molar-refractivity contribution in [3.05, 3.63) is 5.82 Å². The highest BCUT2D eigenvalue weighted by atomic mass is 16.5. The monoisotopic (exact) mass is 253 g/mol. The summed E-state index contributed by atoms with van der Waals surface area (Å²) in [6.07, 6.45) is 5.31. The van der Waals surface area contributed by atoms with Crippen molar-refractivity contribution in [3.8, 4) is 0 Å². The molecule has 0 spiro atoms. The zero-order chi connectivity index (χ0) is 12.8. The number of rotatable bonds is 9. The maximum atomic E-state index is 5.02. The second-order valence-corrected chi connectivity index (χ2v) is 5.01. The molecule has 6 nitrogen and oxygen atoms in total. The predicted molar refractivity (Wildman–Crippen MR) is 68.1 cm³/mol. The number of hydrogen-bond acceptors (Lipinski definition) is 5. The van der Waals surface area contributed by atoms with Gasteiger partial charge in [0.2, 0.25) is 0 Å². The average Bonchev–Trinajstić information content (AvgIpc) is 3.06. The Morgan fingerprint density at radius 1 is 1.50 bits per heavy atom. The zero-order valence-corrected chi connectivity index (χ0v) is 11.3. The lowest BCUT2D eigenvalue weighted by atomic mass is 10.2. The summed E-state index contributed by atoms with van der Waals surface area (Å²) in [5.74, 6) is 1.89. The Morgan fingerprint density at radius 3 is 3.06 bits per heavy atom. The third kappa shape index (κ3) is 4.03. The smallest absolute Gasteiger partial charge is 0.167 e. The Labute approximate surface area is 108 Å². The number of methoxy groups -OCH3 is 1. The Morgan fingerprint density at radius 2 is 2.33 bits per heavy atom. The largest absolute Gasteiger partial charge is 0.383 e. The Bertz CT molecular complexity index is 350. The predicted octanol–water partition coefficient (Wildman–Crippen LogP) is 1.16. The standard InChI is InChI=1S/C12H23N5O/c1-10(13-7-9-18-2)12-14-15-16-17(12)8-3-4-11-5-6-11/h10-11,13H,3-9H2,1-2H3. The fourth-order valence-electron chi connectivity index (χ4n) is 2.09. The lowest BCUT2D eigenvalue weighted by Gasteiger charge is -2.13. The first-order chi connectivity index (χ1) is 8.81. The van der Waals surface area contributed by atoms with E-state index in [-0.39, 0.29) is 6.04 Å². The van der Waals surface area contributed by atoms with Gasteiger partial charge in [0.05, 0.1) is 12.6 Å². The van der Waals surface area contributed by atoms with Crippen LogP contribution in [0.1, 0.15) is 44.5 Å². The van der Waals surface area contributed by atoms with Crippen molar-refractivity contribution in [2.45, 2.75) is 45.2 Å². The molecule has 2 rings (SSSR count). The summed E-state index contributed by atoms with van der Waals surface area (Å²) in [7, 11) is 1.70. The molecular weight excluding hydrogens is 230 g/mol. The molecule has 0 radical (unpaired) electrons. The molecule has 1 unspecified atom stereocenters. The first-order valence-corrected chi connectivity index (χ1v) is 6.79. The Kier molecular flexibility index (Phi) is 5.07. The van der Waals surface area contributed by atoms with Gasteiger partial charge in [0.15, 0.2) is 5.82 Å². The van der Waals surface area contributed by atoms with Gasteiger partial charge in [-0.2, -0.15) is 0 Å². The van der Waals surface area contributed by atoms with Crippen LogP contribution in [0.5, 0.6) is 0 Å². The van der Waals surface area contributed by atoms with E-state index in [1.165, 1.54) is 25.7 Å². The number of aryl methyl sites for hydroxylation is 1. The minimum atomic E-state index is 0.163. The molecule has 1 fully saturated rings. The van der Waals surface area contributed by atoms with E-state index in [9.17, 15) is 0 Å². The van der Waals surface area contributed by atoms with Gasteiger partial charge in [0.1, 0.15) is 0 Å². The first kappa shape index (κ1) is 13.4. The van der Waals surface area contributed by atoms with Crippen molar-refractivity contribution in [1.29, 1.82) is 0 Å². The van der Waals surface area contributed by atoms with E-state index in [1.807, 2.05) is 4.68 Å². The van der Waals surface area contributed by atoms with E-state index in [2.05, 4.69) is 27.8 Å². The fraction of sp³-hybridized carbons (Fsp3) is 0.917. The Balaban J connectivity index is 1.77. The van der Waals surface area contributed by atoms with Crippen LogP contribution >= 0.6 is 0 Å². The first-order valence-electron chi connectivity index (χ1n) is 6.79. The van der Waals surface area contributed by atoms with E-state index in [0.29, 0.717) is 6.61 Å². The molecule has 1 aromatic rings. The van der Waals surface area contributed by atoms with Crippen LogP contribution in [-0.4, -0.2) is 40.5 Å². The van der Waals surface area contributed by atoms with Gasteiger partial charge in [0.25, 0.3) is 0 Å². The van der Waals surface area contributed by atoms with Crippen LogP contribution in [0.3, 0.4) is 0 Å². The number of ether oxygens (including phenoxy) is 1. The van der Waals surface area contributed by atoms with Crippen LogP contribution < -0.4 is 5.32 Å². The molecule has 1 aliphatic carbocycles. The van der Waals surface area contributed by atoms with Crippen LogP contribution in [0, 0.1) is 5.92 Å². The molecule has 1 aromatic heterocycles. The van der Waals surface area contributed by atoms with Gasteiger partial charge in [-0.05, 0) is 36.1 Å². The number of aromatic nitrogens is 4. The number of nitrogens with zero attached hydrogens (tertiary/aromatic N) is 4. The number of tetrazole rings is 1. The molecule has 6 heteroatoms. The van der Waals surface area contributed by atoms with Crippen molar-refractivity contribution in [2.75, 3.05) is 20.3 Å². The second-order valence-electron chi connectivity index (χ2n) is 5.01. The van der Waals surface area contributed by atoms with E-state index < -0.39 is 0 Å². The summed E-state index contributed by atoms with van der Waals surface area (Å²) < 4.78 is 6.94. The number of nitrogens with one attached hydrogen (secondary N) is 1. The zero-order valence-electron chi connectivity index (χ0n) is 11.3. The summed E-state index contributed by atoms with van der Waals surface area (Å²) >= 11 is 0. The number of hydrogen-bond donors (Lipinski definition) is 1. The highest BCUT2D eigenvalue weighted by Gasteiger charge is 2.21. The average molecular weight is 253 g/mol. The third-order valence-electron chi connectivity index (χ3n) is 3.38. The summed E-state index contributed by atoms with van der Waals surface area (Å²) in [4.78, 5) is 0. The molecule has 0 saturated heterocycles. The van der Waals surface area contributed by atoms with E-state index >= 15 is 0 Å². The van der Waals surface area contributed by atoms with Gasteiger partial charge >= 0.3 is 0 Å². The maximum absolute atomic E-state index is 5.02. The molecule has 1 saturated carbocycles. The van der Waals surface area contributed by atoms with Gasteiger partial charge in [-0.25, -0.2) is 4.68 Å².